The van der Waals surface area contributed by atoms with Gasteiger partial charge in [-0.2, -0.15) is 13.2 Å². The minimum absolute atomic E-state index is 0.0493. The highest BCUT2D eigenvalue weighted by Crippen LogP contribution is 2.35. The van der Waals surface area contributed by atoms with Gasteiger partial charge in [0.2, 0.25) is 0 Å². The number of amides is 1. The van der Waals surface area contributed by atoms with Crippen molar-refractivity contribution in [2.24, 2.45) is 0 Å². The van der Waals surface area contributed by atoms with Gasteiger partial charge < -0.3 is 53.1 Å². The Bertz CT molecular complexity index is 1800. The molecule has 0 bridgehead atoms. The lowest BCUT2D eigenvalue weighted by molar-refractivity contribution is -0.353. The second-order valence-corrected chi connectivity index (χ2v) is 13.7. The number of hydrogen-bond donors (Lipinski definition) is 2. The maximum absolute atomic E-state index is 13.9. The number of aliphatic hydroxyl groups excluding tert-OH is 1. The molecular weight excluding hydrogens is 787 g/mol. The Kier molecular flexibility index (Phi) is 16.3. The highest BCUT2D eigenvalue weighted by atomic mass is 19.4. The molecule has 2 fully saturated rings. The van der Waals surface area contributed by atoms with Crippen LogP contribution in [0.1, 0.15) is 37.5 Å². The van der Waals surface area contributed by atoms with Crippen LogP contribution in [-0.2, 0) is 81.6 Å². The zero-order valence-corrected chi connectivity index (χ0v) is 32.4. The molecule has 0 saturated carbocycles. The smallest absolute Gasteiger partial charge is 0.463 e. The molecule has 0 spiro atoms. The van der Waals surface area contributed by atoms with E-state index in [1.165, 1.54) is 0 Å². The fourth-order valence-electron chi connectivity index (χ4n) is 6.52. The van der Waals surface area contributed by atoms with Crippen LogP contribution in [0.15, 0.2) is 91.0 Å². The van der Waals surface area contributed by atoms with E-state index in [0.29, 0.717) is 11.1 Å². The third-order valence-electron chi connectivity index (χ3n) is 9.12. The standard InChI is InChI=1S/C41H46F3NO14/c1-24(46)52-23-31-33(55-25(2)47)35(56-26(3)48)32(45-40(50)41(42,43)44)39(58-31)59-34-30(22-51-19-27-13-7-4-8-14-27)57-38(49)37(54-21-29-17-11-6-12-18-29)36(34)53-20-28-15-9-5-10-16-28/h4-18,30-39,49H,19-23H2,1-3H3,(H,45,50)/t30-,31-,32-,33-,34-,35-,36+,37-,38+,39+/m1/s1. The fourth-order valence-corrected chi connectivity index (χ4v) is 6.52. The number of esters is 3. The quantitative estimate of drug-likeness (QED) is 0.148. The molecule has 15 nitrogen and oxygen atoms in total. The monoisotopic (exact) mass is 833 g/mol. The number of carbonyl (C=O) groups excluding carboxylic acids is 4. The Hall–Kier alpha value is -4.95. The first-order valence-corrected chi connectivity index (χ1v) is 18.6. The van der Waals surface area contributed by atoms with E-state index in [-0.39, 0.29) is 26.4 Å². The van der Waals surface area contributed by atoms with E-state index in [1.807, 2.05) is 18.2 Å². The number of aliphatic hydroxyl groups is 1. The number of rotatable bonds is 17. The number of nitrogens with one attached hydrogen (secondary N) is 1. The first-order chi connectivity index (χ1) is 28.2. The Labute approximate surface area is 337 Å². The van der Waals surface area contributed by atoms with E-state index in [1.54, 1.807) is 78.1 Å². The molecular formula is C41H46F3NO14. The molecule has 1 amide bonds. The van der Waals surface area contributed by atoms with Gasteiger partial charge in [0.25, 0.3) is 0 Å². The lowest BCUT2D eigenvalue weighted by atomic mass is 9.94. The van der Waals surface area contributed by atoms with Crippen LogP contribution >= 0.6 is 0 Å². The number of hydrogen-bond acceptors (Lipinski definition) is 14. The van der Waals surface area contributed by atoms with Crippen LogP contribution in [0.4, 0.5) is 13.2 Å². The van der Waals surface area contributed by atoms with Gasteiger partial charge in [0, 0.05) is 20.8 Å². The van der Waals surface area contributed by atoms with Gasteiger partial charge in [0.1, 0.15) is 43.2 Å². The van der Waals surface area contributed by atoms with Crippen molar-refractivity contribution in [1.82, 2.24) is 5.32 Å². The van der Waals surface area contributed by atoms with Crippen molar-refractivity contribution >= 4 is 23.8 Å². The van der Waals surface area contributed by atoms with Crippen molar-refractivity contribution in [3.8, 4) is 0 Å². The molecule has 2 heterocycles. The van der Waals surface area contributed by atoms with Gasteiger partial charge in [-0.05, 0) is 16.7 Å². The minimum Gasteiger partial charge on any atom is -0.463 e. The third kappa shape index (κ3) is 13.3. The molecule has 2 aliphatic rings. The van der Waals surface area contributed by atoms with Crippen LogP contribution in [0.25, 0.3) is 0 Å². The SMILES string of the molecule is CC(=O)OC[C@H]1O[C@@H](O[C@H]2[C@H](OCc3ccccc3)[C@@H](OCc3ccccc3)[C@@H](O)O[C@@H]2COCc2ccccc2)[C@H](NC(=O)C(F)(F)F)[C@@H](OC(C)=O)[C@@H]1OC(C)=O. The molecule has 18 heteroatoms. The molecule has 2 N–H and O–H groups in total. The Balaban J connectivity index is 1.58. The molecule has 2 saturated heterocycles. The van der Waals surface area contributed by atoms with E-state index in [4.69, 9.17) is 42.6 Å². The topological polar surface area (TPSA) is 184 Å². The zero-order chi connectivity index (χ0) is 42.5. The summed E-state index contributed by atoms with van der Waals surface area (Å²) in [4.78, 5) is 49.4. The van der Waals surface area contributed by atoms with Crippen LogP contribution in [0.3, 0.4) is 0 Å². The van der Waals surface area contributed by atoms with Gasteiger partial charge in [-0.1, -0.05) is 91.0 Å². The van der Waals surface area contributed by atoms with Crippen LogP contribution in [-0.4, -0.2) is 110 Å². The third-order valence-corrected chi connectivity index (χ3v) is 9.12. The Morgan fingerprint density at radius 3 is 1.63 bits per heavy atom. The van der Waals surface area contributed by atoms with Crippen LogP contribution in [0.5, 0.6) is 0 Å². The molecule has 0 radical (unpaired) electrons. The van der Waals surface area contributed by atoms with E-state index in [9.17, 15) is 37.5 Å². The maximum atomic E-state index is 13.9. The van der Waals surface area contributed by atoms with Gasteiger partial charge in [0.05, 0.1) is 26.4 Å². The molecule has 320 valence electrons. The van der Waals surface area contributed by atoms with Crippen LogP contribution in [0.2, 0.25) is 0 Å². The summed E-state index contributed by atoms with van der Waals surface area (Å²) in [5, 5.41) is 13.3. The van der Waals surface area contributed by atoms with E-state index >= 15 is 0 Å². The summed E-state index contributed by atoms with van der Waals surface area (Å²) < 4.78 is 95.0. The summed E-state index contributed by atoms with van der Waals surface area (Å²) in [6, 6.07) is 24.8. The molecule has 0 unspecified atom stereocenters. The van der Waals surface area contributed by atoms with Crippen molar-refractivity contribution < 1.29 is 80.1 Å². The van der Waals surface area contributed by atoms with Gasteiger partial charge in [-0.25, -0.2) is 0 Å². The number of halogens is 3. The van der Waals surface area contributed by atoms with Crippen LogP contribution in [0, 0.1) is 0 Å². The van der Waals surface area contributed by atoms with Crippen LogP contribution < -0.4 is 5.32 Å². The second kappa shape index (κ2) is 21.3. The van der Waals surface area contributed by atoms with Crippen molar-refractivity contribution in [1.29, 1.82) is 0 Å². The fraction of sp³-hybridized carbons (Fsp3) is 0.463. The highest BCUT2D eigenvalue weighted by Gasteiger charge is 2.56. The van der Waals surface area contributed by atoms with Crippen molar-refractivity contribution in [3.63, 3.8) is 0 Å². The summed E-state index contributed by atoms with van der Waals surface area (Å²) in [5.74, 6) is -5.29. The molecule has 3 aromatic rings. The second-order valence-electron chi connectivity index (χ2n) is 13.7. The average Bonchev–Trinajstić information content (AvgIpc) is 3.19. The zero-order valence-electron chi connectivity index (χ0n) is 32.4. The predicted octanol–water partition coefficient (Wildman–Crippen LogP) is 3.67. The molecule has 0 aromatic heterocycles. The summed E-state index contributed by atoms with van der Waals surface area (Å²) >= 11 is 0. The molecule has 10 atom stereocenters. The molecule has 5 rings (SSSR count). The number of ether oxygens (including phenoxy) is 9. The van der Waals surface area contributed by atoms with Gasteiger partial charge in [0.15, 0.2) is 24.8 Å². The van der Waals surface area contributed by atoms with Gasteiger partial charge in [-0.15, -0.1) is 0 Å². The molecule has 59 heavy (non-hydrogen) atoms. The van der Waals surface area contributed by atoms with Gasteiger partial charge in [-0.3, -0.25) is 19.2 Å². The normalized spacial score (nSPS) is 27.0. The summed E-state index contributed by atoms with van der Waals surface area (Å²) in [6.45, 7) is 1.98. The van der Waals surface area contributed by atoms with Crippen molar-refractivity contribution in [3.05, 3.63) is 108 Å². The minimum atomic E-state index is -5.46. The number of alkyl halides is 3. The van der Waals surface area contributed by atoms with Crippen molar-refractivity contribution in [2.45, 2.75) is 108 Å². The van der Waals surface area contributed by atoms with E-state index in [0.717, 1.165) is 26.3 Å². The number of benzene rings is 3. The largest absolute Gasteiger partial charge is 0.471 e. The Morgan fingerprint density at radius 2 is 1.12 bits per heavy atom. The average molecular weight is 834 g/mol. The van der Waals surface area contributed by atoms with Gasteiger partial charge >= 0.3 is 30.0 Å². The van der Waals surface area contributed by atoms with E-state index < -0.39 is 97.9 Å². The summed E-state index contributed by atoms with van der Waals surface area (Å²) in [6.07, 6.45) is -19.6. The number of carbonyl (C=O) groups is 4. The summed E-state index contributed by atoms with van der Waals surface area (Å²) in [5.41, 5.74) is 2.18. The molecule has 3 aromatic carbocycles. The van der Waals surface area contributed by atoms with E-state index in [2.05, 4.69) is 0 Å². The lowest BCUT2D eigenvalue weighted by Crippen LogP contribution is -2.70. The predicted molar refractivity (Wildman–Crippen MR) is 196 cm³/mol. The maximum Gasteiger partial charge on any atom is 0.471 e. The molecule has 2 aliphatic heterocycles. The highest BCUT2D eigenvalue weighted by molar-refractivity contribution is 5.82. The lowest BCUT2D eigenvalue weighted by Gasteiger charge is -2.49. The molecule has 0 aliphatic carbocycles. The summed E-state index contributed by atoms with van der Waals surface area (Å²) in [7, 11) is 0. The first kappa shape index (κ1) is 45.1. The Morgan fingerprint density at radius 1 is 0.627 bits per heavy atom. The first-order valence-electron chi connectivity index (χ1n) is 18.6. The van der Waals surface area contributed by atoms with Crippen molar-refractivity contribution in [2.75, 3.05) is 13.2 Å².